The molecule has 1 aliphatic rings. The Kier molecular flexibility index (Phi) is 6.10. The molecule has 0 saturated carbocycles. The number of aryl methyl sites for hydroxylation is 1. The van der Waals surface area contributed by atoms with E-state index in [1.165, 1.54) is 16.8 Å². The molecule has 6 nitrogen and oxygen atoms in total. The minimum absolute atomic E-state index is 0.721. The van der Waals surface area contributed by atoms with Crippen LogP contribution in [0.3, 0.4) is 0 Å². The number of hydrogen-bond acceptors (Lipinski definition) is 5. The number of nitrogens with zero attached hydrogens (tertiary/aromatic N) is 5. The molecular formula is C23H29N5O. The summed E-state index contributed by atoms with van der Waals surface area (Å²) in [6.07, 6.45) is 8.80. The first-order valence-electron chi connectivity index (χ1n) is 10.2. The molecule has 1 fully saturated rings. The number of rotatable bonds is 6. The van der Waals surface area contributed by atoms with Crippen LogP contribution in [0.4, 0.5) is 5.69 Å². The summed E-state index contributed by atoms with van der Waals surface area (Å²) in [5.74, 6) is 0.916. The van der Waals surface area contributed by atoms with Gasteiger partial charge in [0, 0.05) is 68.8 Å². The zero-order valence-corrected chi connectivity index (χ0v) is 17.3. The van der Waals surface area contributed by atoms with Crippen LogP contribution in [0, 0.1) is 6.92 Å². The summed E-state index contributed by atoms with van der Waals surface area (Å²) in [4.78, 5) is 9.28. The SMILES string of the molecule is COc1ccc(CN2CCCN(c3ccncc3C)CC2)cc1Cn1cccn1. The van der Waals surface area contributed by atoms with Crippen molar-refractivity contribution in [2.45, 2.75) is 26.4 Å². The predicted octanol–water partition coefficient (Wildman–Crippen LogP) is 3.36. The van der Waals surface area contributed by atoms with Crippen LogP contribution in [-0.2, 0) is 13.1 Å². The molecule has 1 aromatic carbocycles. The van der Waals surface area contributed by atoms with E-state index in [0.29, 0.717) is 0 Å². The molecule has 0 atom stereocenters. The predicted molar refractivity (Wildman–Crippen MR) is 115 cm³/mol. The average molecular weight is 392 g/mol. The molecule has 0 amide bonds. The Balaban J connectivity index is 1.43. The molecule has 0 N–H and O–H groups in total. The van der Waals surface area contributed by atoms with Crippen LogP contribution in [-0.4, -0.2) is 53.0 Å². The molecule has 29 heavy (non-hydrogen) atoms. The van der Waals surface area contributed by atoms with Gasteiger partial charge in [-0.15, -0.1) is 0 Å². The van der Waals surface area contributed by atoms with Gasteiger partial charge in [0.15, 0.2) is 0 Å². The van der Waals surface area contributed by atoms with E-state index in [4.69, 9.17) is 4.74 Å². The van der Waals surface area contributed by atoms with Crippen LogP contribution >= 0.6 is 0 Å². The van der Waals surface area contributed by atoms with Gasteiger partial charge in [0.05, 0.1) is 13.7 Å². The maximum atomic E-state index is 5.57. The maximum Gasteiger partial charge on any atom is 0.123 e. The molecule has 0 bridgehead atoms. The van der Waals surface area contributed by atoms with Crippen molar-refractivity contribution in [2.24, 2.45) is 0 Å². The number of pyridine rings is 1. The summed E-state index contributed by atoms with van der Waals surface area (Å²) in [5, 5.41) is 4.33. The van der Waals surface area contributed by atoms with Crippen LogP contribution in [0.25, 0.3) is 0 Å². The van der Waals surface area contributed by atoms with Gasteiger partial charge < -0.3 is 9.64 Å². The summed E-state index contributed by atoms with van der Waals surface area (Å²) < 4.78 is 7.50. The molecule has 2 aromatic heterocycles. The molecule has 4 rings (SSSR count). The number of anilines is 1. The third-order valence-electron chi connectivity index (χ3n) is 5.56. The van der Waals surface area contributed by atoms with Crippen LogP contribution < -0.4 is 9.64 Å². The van der Waals surface area contributed by atoms with E-state index in [9.17, 15) is 0 Å². The third kappa shape index (κ3) is 4.77. The Bertz CT molecular complexity index is 925. The Labute approximate surface area is 172 Å². The zero-order chi connectivity index (χ0) is 20.1. The van der Waals surface area contributed by atoms with Crippen LogP contribution in [0.15, 0.2) is 55.1 Å². The van der Waals surface area contributed by atoms with E-state index in [1.54, 1.807) is 7.11 Å². The van der Waals surface area contributed by atoms with Gasteiger partial charge in [-0.05, 0) is 48.7 Å². The quantitative estimate of drug-likeness (QED) is 0.645. The molecule has 1 saturated heterocycles. The Hall–Kier alpha value is -2.86. The Morgan fingerprint density at radius 2 is 1.97 bits per heavy atom. The topological polar surface area (TPSA) is 46.4 Å². The first kappa shape index (κ1) is 19.5. The first-order valence-corrected chi connectivity index (χ1v) is 10.2. The van der Waals surface area contributed by atoms with Gasteiger partial charge in [0.25, 0.3) is 0 Å². The second kappa shape index (κ2) is 9.09. The number of aromatic nitrogens is 3. The van der Waals surface area contributed by atoms with Crippen molar-refractivity contribution < 1.29 is 4.74 Å². The lowest BCUT2D eigenvalue weighted by molar-refractivity contribution is 0.285. The molecular weight excluding hydrogens is 362 g/mol. The smallest absolute Gasteiger partial charge is 0.123 e. The first-order chi connectivity index (χ1) is 14.2. The number of benzene rings is 1. The summed E-state index contributed by atoms with van der Waals surface area (Å²) in [6, 6.07) is 10.6. The van der Waals surface area contributed by atoms with Crippen molar-refractivity contribution in [3.63, 3.8) is 0 Å². The zero-order valence-electron chi connectivity index (χ0n) is 17.3. The number of hydrogen-bond donors (Lipinski definition) is 0. The summed E-state index contributed by atoms with van der Waals surface area (Å²) in [6.45, 7) is 8.13. The lowest BCUT2D eigenvalue weighted by Crippen LogP contribution is -2.30. The molecule has 3 aromatic rings. The highest BCUT2D eigenvalue weighted by atomic mass is 16.5. The van der Waals surface area contributed by atoms with E-state index in [0.717, 1.165) is 57.0 Å². The molecule has 152 valence electrons. The fourth-order valence-electron chi connectivity index (χ4n) is 4.07. The van der Waals surface area contributed by atoms with E-state index in [2.05, 4.69) is 51.1 Å². The van der Waals surface area contributed by atoms with Gasteiger partial charge in [0.1, 0.15) is 5.75 Å². The van der Waals surface area contributed by atoms with Crippen molar-refractivity contribution >= 4 is 5.69 Å². The van der Waals surface area contributed by atoms with Gasteiger partial charge in [-0.2, -0.15) is 5.10 Å². The van der Waals surface area contributed by atoms with Crippen molar-refractivity contribution in [3.8, 4) is 5.75 Å². The van der Waals surface area contributed by atoms with E-state index < -0.39 is 0 Å². The van der Waals surface area contributed by atoms with E-state index in [-0.39, 0.29) is 0 Å². The molecule has 6 heteroatoms. The molecule has 0 radical (unpaired) electrons. The third-order valence-corrected chi connectivity index (χ3v) is 5.56. The van der Waals surface area contributed by atoms with Crippen molar-refractivity contribution in [2.75, 3.05) is 38.2 Å². The van der Waals surface area contributed by atoms with Crippen molar-refractivity contribution in [1.29, 1.82) is 0 Å². The number of methoxy groups -OCH3 is 1. The molecule has 3 heterocycles. The highest BCUT2D eigenvalue weighted by Gasteiger charge is 2.17. The van der Waals surface area contributed by atoms with E-state index in [1.807, 2.05) is 35.5 Å². The molecule has 0 aliphatic carbocycles. The van der Waals surface area contributed by atoms with Crippen LogP contribution in [0.1, 0.15) is 23.1 Å². The average Bonchev–Trinajstić information content (AvgIpc) is 3.13. The van der Waals surface area contributed by atoms with Crippen LogP contribution in [0.2, 0.25) is 0 Å². The second-order valence-corrected chi connectivity index (χ2v) is 7.63. The summed E-state index contributed by atoms with van der Waals surface area (Å²) in [5.41, 5.74) is 5.05. The normalized spacial score (nSPS) is 15.3. The van der Waals surface area contributed by atoms with Gasteiger partial charge in [-0.1, -0.05) is 6.07 Å². The highest BCUT2D eigenvalue weighted by molar-refractivity contribution is 5.51. The number of ether oxygens (including phenoxy) is 1. The highest BCUT2D eigenvalue weighted by Crippen LogP contribution is 2.23. The Morgan fingerprint density at radius 1 is 1.03 bits per heavy atom. The van der Waals surface area contributed by atoms with Gasteiger partial charge in [0.2, 0.25) is 0 Å². The maximum absolute atomic E-state index is 5.57. The minimum atomic E-state index is 0.721. The van der Waals surface area contributed by atoms with Crippen LogP contribution in [0.5, 0.6) is 5.75 Å². The molecule has 0 unspecified atom stereocenters. The van der Waals surface area contributed by atoms with Crippen molar-refractivity contribution in [1.82, 2.24) is 19.7 Å². The summed E-state index contributed by atoms with van der Waals surface area (Å²) in [7, 11) is 1.73. The monoisotopic (exact) mass is 391 g/mol. The standard InChI is InChI=1S/C23H29N5O/c1-19-16-24-9-7-22(19)27-11-4-10-26(13-14-27)17-20-5-6-23(29-2)21(15-20)18-28-12-3-8-25-28/h3,5-9,12,15-16H,4,10-11,13-14,17-18H2,1-2H3. The fourth-order valence-corrected chi connectivity index (χ4v) is 4.07. The van der Waals surface area contributed by atoms with Gasteiger partial charge in [-0.25, -0.2) is 0 Å². The molecule has 1 aliphatic heterocycles. The van der Waals surface area contributed by atoms with E-state index >= 15 is 0 Å². The minimum Gasteiger partial charge on any atom is -0.496 e. The lowest BCUT2D eigenvalue weighted by atomic mass is 10.1. The summed E-state index contributed by atoms with van der Waals surface area (Å²) >= 11 is 0. The van der Waals surface area contributed by atoms with Crippen molar-refractivity contribution in [3.05, 3.63) is 71.8 Å². The Morgan fingerprint density at radius 3 is 2.76 bits per heavy atom. The largest absolute Gasteiger partial charge is 0.496 e. The lowest BCUT2D eigenvalue weighted by Gasteiger charge is -2.25. The van der Waals surface area contributed by atoms with Gasteiger partial charge in [-0.3, -0.25) is 14.6 Å². The molecule has 0 spiro atoms. The fraction of sp³-hybridized carbons (Fsp3) is 0.391. The second-order valence-electron chi connectivity index (χ2n) is 7.63. The van der Waals surface area contributed by atoms with Gasteiger partial charge >= 0.3 is 0 Å².